The molecule has 0 atom stereocenters. The smallest absolute Gasteiger partial charge is 0.223 e. The second-order valence-electron chi connectivity index (χ2n) is 7.75. The Bertz CT molecular complexity index is 782. The zero-order valence-corrected chi connectivity index (χ0v) is 17.5. The molecule has 0 aliphatic carbocycles. The number of nitrogens with one attached hydrogen (secondary N) is 1. The predicted molar refractivity (Wildman–Crippen MR) is 107 cm³/mol. The third-order valence-corrected chi connectivity index (χ3v) is 7.33. The zero-order valence-electron chi connectivity index (χ0n) is 16.6. The monoisotopic (exact) mass is 410 g/mol. The van der Waals surface area contributed by atoms with Crippen LogP contribution >= 0.6 is 0 Å². The molecule has 2 aliphatic heterocycles. The highest BCUT2D eigenvalue weighted by molar-refractivity contribution is 7.88. The van der Waals surface area contributed by atoms with Gasteiger partial charge in [-0.05, 0) is 31.7 Å². The van der Waals surface area contributed by atoms with Gasteiger partial charge < -0.3 is 14.8 Å². The van der Waals surface area contributed by atoms with Gasteiger partial charge >= 0.3 is 0 Å². The first-order valence-electron chi connectivity index (χ1n) is 9.80. The molecule has 2 heterocycles. The van der Waals surface area contributed by atoms with Gasteiger partial charge in [0.15, 0.2) is 0 Å². The van der Waals surface area contributed by atoms with Crippen molar-refractivity contribution in [1.29, 1.82) is 0 Å². The maximum Gasteiger partial charge on any atom is 0.223 e. The fourth-order valence-electron chi connectivity index (χ4n) is 4.24. The number of para-hydroxylation sites is 1. The Kier molecular flexibility index (Phi) is 6.62. The summed E-state index contributed by atoms with van der Waals surface area (Å²) in [5.41, 5.74) is 0.890. The Morgan fingerprint density at radius 2 is 1.89 bits per heavy atom. The van der Waals surface area contributed by atoms with Crippen molar-refractivity contribution in [3.63, 3.8) is 0 Å². The minimum absolute atomic E-state index is 0.00826. The van der Waals surface area contributed by atoms with Gasteiger partial charge in [-0.2, -0.15) is 0 Å². The zero-order chi connectivity index (χ0) is 20.2. The first-order valence-corrected chi connectivity index (χ1v) is 11.6. The van der Waals surface area contributed by atoms with E-state index >= 15 is 0 Å². The molecule has 3 rings (SSSR count). The van der Waals surface area contributed by atoms with Crippen molar-refractivity contribution in [2.75, 3.05) is 46.2 Å². The van der Waals surface area contributed by atoms with Gasteiger partial charge in [0, 0.05) is 49.7 Å². The quantitative estimate of drug-likeness (QED) is 0.769. The molecule has 0 spiro atoms. The number of piperidine rings is 1. The lowest BCUT2D eigenvalue weighted by atomic mass is 9.73. The molecule has 0 radical (unpaired) electrons. The average molecular weight is 411 g/mol. The summed E-state index contributed by atoms with van der Waals surface area (Å²) in [4.78, 5) is 12.8. The van der Waals surface area contributed by atoms with E-state index < -0.39 is 10.0 Å². The van der Waals surface area contributed by atoms with Crippen molar-refractivity contribution < 1.29 is 22.7 Å². The summed E-state index contributed by atoms with van der Waals surface area (Å²) in [5.74, 6) is 0.696. The fourth-order valence-corrected chi connectivity index (χ4v) is 5.11. The van der Waals surface area contributed by atoms with E-state index in [1.54, 1.807) is 7.11 Å². The van der Waals surface area contributed by atoms with Crippen LogP contribution in [0.2, 0.25) is 0 Å². The molecule has 0 bridgehead atoms. The van der Waals surface area contributed by atoms with Crippen LogP contribution in [-0.4, -0.2) is 64.8 Å². The lowest BCUT2D eigenvalue weighted by Crippen LogP contribution is -2.48. The average Bonchev–Trinajstić information content (AvgIpc) is 2.72. The first-order chi connectivity index (χ1) is 13.4. The van der Waals surface area contributed by atoms with E-state index in [1.807, 2.05) is 18.2 Å². The van der Waals surface area contributed by atoms with Crippen molar-refractivity contribution in [3.8, 4) is 5.75 Å². The van der Waals surface area contributed by atoms with Gasteiger partial charge in [-0.3, -0.25) is 4.79 Å². The topological polar surface area (TPSA) is 84.9 Å². The number of hydrogen-bond acceptors (Lipinski definition) is 5. The summed E-state index contributed by atoms with van der Waals surface area (Å²) in [6.07, 6.45) is 3.98. The third kappa shape index (κ3) is 4.67. The number of sulfonamides is 1. The fraction of sp³-hybridized carbons (Fsp3) is 0.650. The van der Waals surface area contributed by atoms with Crippen LogP contribution in [0.5, 0.6) is 5.75 Å². The van der Waals surface area contributed by atoms with Gasteiger partial charge in [0.05, 0.1) is 13.4 Å². The number of rotatable bonds is 6. The van der Waals surface area contributed by atoms with Crippen LogP contribution < -0.4 is 10.1 Å². The summed E-state index contributed by atoms with van der Waals surface area (Å²) in [5, 5.41) is 3.15. The summed E-state index contributed by atoms with van der Waals surface area (Å²) in [6, 6.07) is 7.97. The second-order valence-corrected chi connectivity index (χ2v) is 9.73. The molecule has 28 heavy (non-hydrogen) atoms. The van der Waals surface area contributed by atoms with Crippen molar-refractivity contribution in [1.82, 2.24) is 9.62 Å². The van der Waals surface area contributed by atoms with E-state index in [2.05, 4.69) is 11.4 Å². The maximum absolute atomic E-state index is 12.8. The second kappa shape index (κ2) is 8.80. The molecule has 0 unspecified atom stereocenters. The molecule has 7 nitrogen and oxygen atoms in total. The molecule has 1 N–H and O–H groups in total. The lowest BCUT2D eigenvalue weighted by molar-refractivity contribution is -0.126. The molecule has 2 saturated heterocycles. The van der Waals surface area contributed by atoms with E-state index in [4.69, 9.17) is 9.47 Å². The first kappa shape index (κ1) is 21.1. The van der Waals surface area contributed by atoms with E-state index in [0.29, 0.717) is 45.7 Å². The number of carbonyl (C=O) groups excluding carboxylic acids is 1. The standard InChI is InChI=1S/C20H30N2O5S/c1-26-18-6-4-3-5-17(18)20(9-13-27-14-10-20)15-21-19(23)16-7-11-22(12-8-16)28(2,24)25/h3-6,16H,7-15H2,1-2H3,(H,21,23). The summed E-state index contributed by atoms with van der Waals surface area (Å²) >= 11 is 0. The van der Waals surface area contributed by atoms with Crippen molar-refractivity contribution in [2.45, 2.75) is 31.1 Å². The Labute approximate surface area is 167 Å². The molecular weight excluding hydrogens is 380 g/mol. The molecule has 1 aromatic carbocycles. The number of amides is 1. The molecule has 0 aromatic heterocycles. The lowest BCUT2D eigenvalue weighted by Gasteiger charge is -2.39. The highest BCUT2D eigenvalue weighted by atomic mass is 32.2. The Balaban J connectivity index is 1.67. The molecule has 0 saturated carbocycles. The van der Waals surface area contributed by atoms with E-state index in [1.165, 1.54) is 10.6 Å². The molecular formula is C20H30N2O5S. The normalized spacial score (nSPS) is 21.2. The van der Waals surface area contributed by atoms with Gasteiger partial charge in [-0.25, -0.2) is 12.7 Å². The minimum atomic E-state index is -3.18. The van der Waals surface area contributed by atoms with Gasteiger partial charge in [-0.15, -0.1) is 0 Å². The van der Waals surface area contributed by atoms with E-state index in [9.17, 15) is 13.2 Å². The van der Waals surface area contributed by atoms with Crippen LogP contribution in [0.1, 0.15) is 31.2 Å². The van der Waals surface area contributed by atoms with Crippen LogP contribution in [0.15, 0.2) is 24.3 Å². The molecule has 1 amide bonds. The molecule has 156 valence electrons. The molecule has 2 aliphatic rings. The molecule has 8 heteroatoms. The molecule has 1 aromatic rings. The van der Waals surface area contributed by atoms with Crippen LogP contribution in [0.4, 0.5) is 0 Å². The third-order valence-electron chi connectivity index (χ3n) is 6.02. The van der Waals surface area contributed by atoms with Crippen molar-refractivity contribution in [2.24, 2.45) is 5.92 Å². The van der Waals surface area contributed by atoms with Crippen molar-refractivity contribution in [3.05, 3.63) is 29.8 Å². The minimum Gasteiger partial charge on any atom is -0.496 e. The highest BCUT2D eigenvalue weighted by Gasteiger charge is 2.38. The SMILES string of the molecule is COc1ccccc1C1(CNC(=O)C2CCN(S(C)(=O)=O)CC2)CCOCC1. The van der Waals surface area contributed by atoms with Gasteiger partial charge in [-0.1, -0.05) is 18.2 Å². The number of hydrogen-bond donors (Lipinski definition) is 1. The number of benzene rings is 1. The summed E-state index contributed by atoms with van der Waals surface area (Å²) in [7, 11) is -1.52. The largest absolute Gasteiger partial charge is 0.496 e. The number of carbonyl (C=O) groups is 1. The van der Waals surface area contributed by atoms with Crippen LogP contribution in [0.3, 0.4) is 0 Å². The Morgan fingerprint density at radius 3 is 2.50 bits per heavy atom. The van der Waals surface area contributed by atoms with Crippen LogP contribution in [0.25, 0.3) is 0 Å². The molecule has 2 fully saturated rings. The number of nitrogens with zero attached hydrogens (tertiary/aromatic N) is 1. The van der Waals surface area contributed by atoms with E-state index in [-0.39, 0.29) is 17.2 Å². The number of methoxy groups -OCH3 is 1. The van der Waals surface area contributed by atoms with Crippen LogP contribution in [-0.2, 0) is 25.0 Å². The van der Waals surface area contributed by atoms with Gasteiger partial charge in [0.1, 0.15) is 5.75 Å². The number of ether oxygens (including phenoxy) is 2. The highest BCUT2D eigenvalue weighted by Crippen LogP contribution is 2.39. The summed E-state index contributed by atoms with van der Waals surface area (Å²) < 4.78 is 35.9. The Hall–Kier alpha value is -1.64. The summed E-state index contributed by atoms with van der Waals surface area (Å²) in [6.45, 7) is 2.65. The van der Waals surface area contributed by atoms with Gasteiger partial charge in [0.2, 0.25) is 15.9 Å². The maximum atomic E-state index is 12.8. The Morgan fingerprint density at radius 1 is 1.25 bits per heavy atom. The van der Waals surface area contributed by atoms with Gasteiger partial charge in [0.25, 0.3) is 0 Å². The van der Waals surface area contributed by atoms with E-state index in [0.717, 1.165) is 24.2 Å². The van der Waals surface area contributed by atoms with Crippen molar-refractivity contribution >= 4 is 15.9 Å². The van der Waals surface area contributed by atoms with Crippen LogP contribution in [0, 0.1) is 5.92 Å². The predicted octanol–water partition coefficient (Wildman–Crippen LogP) is 1.53.